The molecule has 0 spiro atoms. The maximum absolute atomic E-state index is 4.18. The lowest BCUT2D eigenvalue weighted by atomic mass is 10.2. The van der Waals surface area contributed by atoms with Crippen molar-refractivity contribution >= 4 is 21.8 Å². The van der Waals surface area contributed by atoms with Gasteiger partial charge >= 0.3 is 0 Å². The second-order valence-corrected chi connectivity index (χ2v) is 4.71. The summed E-state index contributed by atoms with van der Waals surface area (Å²) in [6, 6.07) is 20.5. The Morgan fingerprint density at radius 1 is 0.800 bits per heavy atom. The van der Waals surface area contributed by atoms with Crippen molar-refractivity contribution < 1.29 is 0 Å². The van der Waals surface area contributed by atoms with Crippen molar-refractivity contribution in [2.45, 2.75) is 6.92 Å². The lowest BCUT2D eigenvalue weighted by molar-refractivity contribution is 1.41. The SMILES string of the molecule is Cc1cccc2cc[nH]c12.c1ccc2ncccc2c1. The molecule has 2 aromatic carbocycles. The van der Waals surface area contributed by atoms with Crippen LogP contribution in [0.4, 0.5) is 0 Å². The van der Waals surface area contributed by atoms with E-state index in [1.807, 2.05) is 36.7 Å². The quantitative estimate of drug-likeness (QED) is 0.487. The van der Waals surface area contributed by atoms with Crippen molar-refractivity contribution in [2.75, 3.05) is 0 Å². The topological polar surface area (TPSA) is 28.7 Å². The van der Waals surface area contributed by atoms with Crippen molar-refractivity contribution in [3.05, 3.63) is 78.6 Å². The Morgan fingerprint density at radius 2 is 1.60 bits per heavy atom. The summed E-state index contributed by atoms with van der Waals surface area (Å²) >= 11 is 0. The predicted molar refractivity (Wildman–Crippen MR) is 84.8 cm³/mol. The van der Waals surface area contributed by atoms with Gasteiger partial charge < -0.3 is 4.98 Å². The molecule has 0 bridgehead atoms. The Hall–Kier alpha value is -2.61. The van der Waals surface area contributed by atoms with Crippen molar-refractivity contribution in [2.24, 2.45) is 0 Å². The molecule has 2 heteroatoms. The van der Waals surface area contributed by atoms with Crippen molar-refractivity contribution in [1.82, 2.24) is 9.97 Å². The summed E-state index contributed by atoms with van der Waals surface area (Å²) in [4.78, 5) is 7.37. The normalized spacial score (nSPS) is 10.2. The van der Waals surface area contributed by atoms with Gasteiger partial charge in [0.2, 0.25) is 0 Å². The first-order valence-electron chi connectivity index (χ1n) is 6.67. The Labute approximate surface area is 118 Å². The zero-order valence-electron chi connectivity index (χ0n) is 11.4. The first-order chi connectivity index (χ1) is 9.84. The number of nitrogens with one attached hydrogen (secondary N) is 1. The van der Waals surface area contributed by atoms with E-state index in [0.29, 0.717) is 0 Å². The molecular weight excluding hydrogens is 244 g/mol. The Kier molecular flexibility index (Phi) is 3.46. The summed E-state index contributed by atoms with van der Waals surface area (Å²) in [5.41, 5.74) is 3.62. The molecule has 0 fully saturated rings. The summed E-state index contributed by atoms with van der Waals surface area (Å²) in [5, 5.41) is 2.49. The van der Waals surface area contributed by atoms with E-state index >= 15 is 0 Å². The molecule has 98 valence electrons. The van der Waals surface area contributed by atoms with Gasteiger partial charge in [-0.3, -0.25) is 4.98 Å². The zero-order chi connectivity index (χ0) is 13.8. The van der Waals surface area contributed by atoms with E-state index in [0.717, 1.165) is 5.52 Å². The van der Waals surface area contributed by atoms with Gasteiger partial charge in [-0.15, -0.1) is 0 Å². The molecule has 0 aliphatic heterocycles. The molecule has 4 rings (SSSR count). The number of rotatable bonds is 0. The Morgan fingerprint density at radius 3 is 2.45 bits per heavy atom. The van der Waals surface area contributed by atoms with Gasteiger partial charge in [-0.05, 0) is 36.1 Å². The number of hydrogen-bond donors (Lipinski definition) is 1. The molecule has 4 aromatic rings. The monoisotopic (exact) mass is 260 g/mol. The van der Waals surface area contributed by atoms with E-state index in [2.05, 4.69) is 53.3 Å². The minimum Gasteiger partial charge on any atom is -0.361 e. The molecule has 2 nitrogen and oxygen atoms in total. The van der Waals surface area contributed by atoms with Gasteiger partial charge in [0.1, 0.15) is 0 Å². The summed E-state index contributed by atoms with van der Waals surface area (Å²) in [6.45, 7) is 2.11. The van der Waals surface area contributed by atoms with Gasteiger partial charge in [0.05, 0.1) is 5.52 Å². The molecule has 0 saturated carbocycles. The van der Waals surface area contributed by atoms with Crippen LogP contribution in [0.15, 0.2) is 73.1 Å². The molecule has 0 radical (unpaired) electrons. The number of benzene rings is 2. The highest BCUT2D eigenvalue weighted by Gasteiger charge is 1.93. The van der Waals surface area contributed by atoms with E-state index in [-0.39, 0.29) is 0 Å². The standard InChI is InChI=1S/C9H9N.C9H7N/c1-7-3-2-4-8-5-6-10-9(7)8;1-2-6-9-8(4-1)5-3-7-10-9/h2-6,10H,1H3;1-7H. The van der Waals surface area contributed by atoms with E-state index < -0.39 is 0 Å². The predicted octanol–water partition coefficient (Wildman–Crippen LogP) is 4.71. The molecule has 0 saturated heterocycles. The fraction of sp³-hybridized carbons (Fsp3) is 0.0556. The molecule has 0 aliphatic rings. The molecule has 1 N–H and O–H groups in total. The molecule has 0 unspecified atom stereocenters. The number of aromatic amines is 1. The van der Waals surface area contributed by atoms with Crippen LogP contribution in [0.3, 0.4) is 0 Å². The van der Waals surface area contributed by atoms with Crippen LogP contribution in [0.25, 0.3) is 21.8 Å². The fourth-order valence-electron chi connectivity index (χ4n) is 2.26. The lowest BCUT2D eigenvalue weighted by Gasteiger charge is -1.92. The Balaban J connectivity index is 0.000000121. The third kappa shape index (κ3) is 2.54. The van der Waals surface area contributed by atoms with Crippen molar-refractivity contribution in [1.29, 1.82) is 0 Å². The maximum Gasteiger partial charge on any atom is 0.0701 e. The zero-order valence-corrected chi connectivity index (χ0v) is 11.4. The van der Waals surface area contributed by atoms with Crippen LogP contribution in [-0.4, -0.2) is 9.97 Å². The van der Waals surface area contributed by atoms with Gasteiger partial charge in [0.15, 0.2) is 0 Å². The Bertz CT molecular complexity index is 765. The van der Waals surface area contributed by atoms with E-state index in [1.165, 1.54) is 21.9 Å². The number of para-hydroxylation sites is 2. The molecule has 0 amide bonds. The minimum absolute atomic E-state index is 1.06. The van der Waals surface area contributed by atoms with Crippen LogP contribution in [-0.2, 0) is 0 Å². The largest absolute Gasteiger partial charge is 0.361 e. The number of H-pyrrole nitrogens is 1. The number of pyridine rings is 1. The average Bonchev–Trinajstić information content (AvgIpc) is 2.98. The van der Waals surface area contributed by atoms with Gasteiger partial charge in [0, 0.05) is 23.3 Å². The lowest BCUT2D eigenvalue weighted by Crippen LogP contribution is -1.73. The summed E-state index contributed by atoms with van der Waals surface area (Å²) in [6.07, 6.45) is 3.78. The number of nitrogens with zero attached hydrogens (tertiary/aromatic N) is 1. The van der Waals surface area contributed by atoms with E-state index in [1.54, 1.807) is 0 Å². The molecular formula is C18H16N2. The van der Waals surface area contributed by atoms with Gasteiger partial charge in [-0.25, -0.2) is 0 Å². The van der Waals surface area contributed by atoms with Crippen LogP contribution in [0.2, 0.25) is 0 Å². The molecule has 20 heavy (non-hydrogen) atoms. The summed E-state index contributed by atoms with van der Waals surface area (Å²) in [7, 11) is 0. The molecule has 0 aliphatic carbocycles. The van der Waals surface area contributed by atoms with Gasteiger partial charge in [-0.2, -0.15) is 0 Å². The highest BCUT2D eigenvalue weighted by atomic mass is 14.7. The molecule has 2 heterocycles. The number of aryl methyl sites for hydroxylation is 1. The maximum atomic E-state index is 4.18. The smallest absolute Gasteiger partial charge is 0.0701 e. The minimum atomic E-state index is 1.06. The van der Waals surface area contributed by atoms with E-state index in [4.69, 9.17) is 0 Å². The third-order valence-electron chi connectivity index (χ3n) is 3.31. The highest BCUT2D eigenvalue weighted by molar-refractivity contribution is 5.82. The van der Waals surface area contributed by atoms with Crippen LogP contribution in [0.1, 0.15) is 5.56 Å². The number of hydrogen-bond acceptors (Lipinski definition) is 1. The number of fused-ring (bicyclic) bond motifs is 2. The average molecular weight is 260 g/mol. The van der Waals surface area contributed by atoms with Crippen molar-refractivity contribution in [3.63, 3.8) is 0 Å². The fourth-order valence-corrected chi connectivity index (χ4v) is 2.26. The van der Waals surface area contributed by atoms with E-state index in [9.17, 15) is 0 Å². The number of aromatic nitrogens is 2. The summed E-state index contributed by atoms with van der Waals surface area (Å²) in [5.74, 6) is 0. The van der Waals surface area contributed by atoms with Gasteiger partial charge in [0.25, 0.3) is 0 Å². The van der Waals surface area contributed by atoms with Crippen molar-refractivity contribution in [3.8, 4) is 0 Å². The second-order valence-electron chi connectivity index (χ2n) is 4.71. The molecule has 0 atom stereocenters. The van der Waals surface area contributed by atoms with Crippen LogP contribution in [0.5, 0.6) is 0 Å². The molecule has 2 aromatic heterocycles. The highest BCUT2D eigenvalue weighted by Crippen LogP contribution is 2.14. The second kappa shape index (κ2) is 5.57. The van der Waals surface area contributed by atoms with Crippen LogP contribution < -0.4 is 0 Å². The third-order valence-corrected chi connectivity index (χ3v) is 3.31. The first-order valence-corrected chi connectivity index (χ1v) is 6.67. The summed E-state index contributed by atoms with van der Waals surface area (Å²) < 4.78 is 0. The van der Waals surface area contributed by atoms with Gasteiger partial charge in [-0.1, -0.05) is 42.5 Å². The van der Waals surface area contributed by atoms with Crippen LogP contribution >= 0.6 is 0 Å². The first kappa shape index (κ1) is 12.4. The van der Waals surface area contributed by atoms with Crippen LogP contribution in [0, 0.1) is 6.92 Å².